The lowest BCUT2D eigenvalue weighted by Crippen LogP contribution is -2.06. The first kappa shape index (κ1) is 14.6. The van der Waals surface area contributed by atoms with E-state index in [0.717, 1.165) is 0 Å². The third kappa shape index (κ3) is 3.41. The molecule has 2 N–H and O–H groups in total. The monoisotopic (exact) mass is 342 g/mol. The lowest BCUT2D eigenvalue weighted by molar-refractivity contribution is 0.589. The van der Waals surface area contributed by atoms with Gasteiger partial charge >= 0.3 is 0 Å². The number of anilines is 3. The van der Waals surface area contributed by atoms with E-state index >= 15 is 0 Å². The van der Waals surface area contributed by atoms with Gasteiger partial charge < -0.3 is 10.6 Å². The van der Waals surface area contributed by atoms with Crippen LogP contribution in [-0.4, -0.2) is 16.5 Å². The molecule has 2 rings (SSSR count). The van der Waals surface area contributed by atoms with Crippen molar-refractivity contribution in [2.75, 3.05) is 17.2 Å². The summed E-state index contributed by atoms with van der Waals surface area (Å²) in [6.45, 7) is 4.35. The zero-order valence-corrected chi connectivity index (χ0v) is 12.6. The molecule has 7 heteroatoms. The third-order valence-corrected chi connectivity index (χ3v) is 2.91. The maximum atomic E-state index is 13.8. The van der Waals surface area contributed by atoms with E-state index in [-0.39, 0.29) is 5.69 Å². The summed E-state index contributed by atoms with van der Waals surface area (Å²) < 4.78 is 27.8. The van der Waals surface area contributed by atoms with E-state index in [1.54, 1.807) is 13.0 Å². The molecule has 0 aliphatic rings. The van der Waals surface area contributed by atoms with E-state index in [4.69, 9.17) is 0 Å². The first-order valence-corrected chi connectivity index (χ1v) is 6.80. The number of nitrogens with zero attached hydrogens (tertiary/aromatic N) is 2. The Labute approximate surface area is 123 Å². The largest absolute Gasteiger partial charge is 0.354 e. The standard InChI is InChI=1S/C13H13BrF2N4/c1-3-17-13-18-7(2)4-11(20-13)19-12-9(15)5-8(14)6-10(12)16/h4-6H,3H2,1-2H3,(H2,17,18,19,20). The normalized spacial score (nSPS) is 10.4. The summed E-state index contributed by atoms with van der Waals surface area (Å²) in [4.78, 5) is 8.31. The maximum Gasteiger partial charge on any atom is 0.224 e. The molecule has 0 spiro atoms. The highest BCUT2D eigenvalue weighted by atomic mass is 79.9. The van der Waals surface area contributed by atoms with Gasteiger partial charge in [-0.25, -0.2) is 13.8 Å². The first-order chi connectivity index (χ1) is 9.49. The Morgan fingerprint density at radius 2 is 1.80 bits per heavy atom. The molecule has 0 radical (unpaired) electrons. The number of hydrogen-bond acceptors (Lipinski definition) is 4. The predicted octanol–water partition coefficient (Wildman–Crippen LogP) is 4.00. The highest BCUT2D eigenvalue weighted by molar-refractivity contribution is 9.10. The van der Waals surface area contributed by atoms with Gasteiger partial charge in [0.2, 0.25) is 5.95 Å². The molecule has 0 saturated heterocycles. The van der Waals surface area contributed by atoms with Crippen molar-refractivity contribution < 1.29 is 8.78 Å². The van der Waals surface area contributed by atoms with E-state index < -0.39 is 11.6 Å². The Hall–Kier alpha value is -1.76. The molecular weight excluding hydrogens is 330 g/mol. The average molecular weight is 343 g/mol. The van der Waals surface area contributed by atoms with Crippen LogP contribution < -0.4 is 10.6 Å². The molecule has 0 aliphatic heterocycles. The van der Waals surface area contributed by atoms with Gasteiger partial charge in [-0.2, -0.15) is 4.98 Å². The summed E-state index contributed by atoms with van der Waals surface area (Å²) >= 11 is 3.03. The molecule has 0 aliphatic carbocycles. The lowest BCUT2D eigenvalue weighted by Gasteiger charge is -2.11. The van der Waals surface area contributed by atoms with Gasteiger partial charge in [-0.3, -0.25) is 0 Å². The number of halogens is 3. The van der Waals surface area contributed by atoms with Gasteiger partial charge in [-0.1, -0.05) is 15.9 Å². The summed E-state index contributed by atoms with van der Waals surface area (Å²) in [5.41, 5.74) is 0.449. The van der Waals surface area contributed by atoms with Crippen molar-refractivity contribution in [1.82, 2.24) is 9.97 Å². The van der Waals surface area contributed by atoms with E-state index in [1.165, 1.54) is 12.1 Å². The topological polar surface area (TPSA) is 49.8 Å². The molecule has 0 bridgehead atoms. The van der Waals surface area contributed by atoms with Crippen molar-refractivity contribution in [3.63, 3.8) is 0 Å². The second-order valence-corrected chi connectivity index (χ2v) is 5.03. The fraction of sp³-hybridized carbons (Fsp3) is 0.231. The van der Waals surface area contributed by atoms with Crippen molar-refractivity contribution in [2.45, 2.75) is 13.8 Å². The highest BCUT2D eigenvalue weighted by Gasteiger charge is 2.12. The minimum atomic E-state index is -0.696. The van der Waals surface area contributed by atoms with Crippen LogP contribution in [0, 0.1) is 18.6 Å². The molecule has 2 aromatic rings. The van der Waals surface area contributed by atoms with Crippen LogP contribution >= 0.6 is 15.9 Å². The van der Waals surface area contributed by atoms with Crippen molar-refractivity contribution in [3.05, 3.63) is 40.0 Å². The third-order valence-electron chi connectivity index (χ3n) is 2.45. The smallest absolute Gasteiger partial charge is 0.224 e. The first-order valence-electron chi connectivity index (χ1n) is 6.00. The SMILES string of the molecule is CCNc1nc(C)cc(Nc2c(F)cc(Br)cc2F)n1. The molecule has 20 heavy (non-hydrogen) atoms. The molecule has 0 unspecified atom stereocenters. The van der Waals surface area contributed by atoms with E-state index in [2.05, 4.69) is 36.5 Å². The minimum Gasteiger partial charge on any atom is -0.354 e. The Morgan fingerprint density at radius 1 is 1.15 bits per heavy atom. The Morgan fingerprint density at radius 3 is 2.40 bits per heavy atom. The molecule has 1 heterocycles. The summed E-state index contributed by atoms with van der Waals surface area (Å²) in [7, 11) is 0. The molecule has 0 amide bonds. The van der Waals surface area contributed by atoms with Gasteiger partial charge in [0.15, 0.2) is 11.6 Å². The number of rotatable bonds is 4. The summed E-state index contributed by atoms with van der Waals surface area (Å²) in [5.74, 6) is -0.655. The molecule has 0 atom stereocenters. The maximum absolute atomic E-state index is 13.8. The fourth-order valence-corrected chi connectivity index (χ4v) is 2.06. The van der Waals surface area contributed by atoms with Crippen LogP contribution in [0.5, 0.6) is 0 Å². The zero-order chi connectivity index (χ0) is 14.7. The van der Waals surface area contributed by atoms with Gasteiger partial charge in [0.05, 0.1) is 0 Å². The zero-order valence-electron chi connectivity index (χ0n) is 11.0. The molecule has 1 aromatic heterocycles. The Balaban J connectivity index is 2.35. The van der Waals surface area contributed by atoms with Crippen LogP contribution in [0.25, 0.3) is 0 Å². The predicted molar refractivity (Wildman–Crippen MR) is 78.3 cm³/mol. The number of nitrogens with one attached hydrogen (secondary N) is 2. The Kier molecular flexibility index (Phi) is 4.49. The highest BCUT2D eigenvalue weighted by Crippen LogP contribution is 2.26. The van der Waals surface area contributed by atoms with Crippen LogP contribution in [0.1, 0.15) is 12.6 Å². The van der Waals surface area contributed by atoms with E-state index in [0.29, 0.717) is 28.5 Å². The molecular formula is C13H13BrF2N4. The lowest BCUT2D eigenvalue weighted by atomic mass is 10.3. The van der Waals surface area contributed by atoms with Crippen molar-refractivity contribution >= 4 is 33.4 Å². The van der Waals surface area contributed by atoms with Crippen molar-refractivity contribution in [3.8, 4) is 0 Å². The van der Waals surface area contributed by atoms with Crippen LogP contribution in [0.15, 0.2) is 22.7 Å². The Bertz CT molecular complexity index is 611. The molecule has 106 valence electrons. The molecule has 1 aromatic carbocycles. The number of benzene rings is 1. The van der Waals surface area contributed by atoms with Gasteiger partial charge in [0.25, 0.3) is 0 Å². The fourth-order valence-electron chi connectivity index (χ4n) is 1.66. The summed E-state index contributed by atoms with van der Waals surface area (Å²) in [5, 5.41) is 5.60. The van der Waals surface area contributed by atoms with Crippen LogP contribution in [0.4, 0.5) is 26.2 Å². The summed E-state index contributed by atoms with van der Waals surface area (Å²) in [6.07, 6.45) is 0. The quantitative estimate of drug-likeness (QED) is 0.881. The number of aromatic nitrogens is 2. The van der Waals surface area contributed by atoms with E-state index in [9.17, 15) is 8.78 Å². The molecule has 0 fully saturated rings. The molecule has 0 saturated carbocycles. The van der Waals surface area contributed by atoms with Gasteiger partial charge in [0, 0.05) is 22.8 Å². The summed E-state index contributed by atoms with van der Waals surface area (Å²) in [6, 6.07) is 3.98. The van der Waals surface area contributed by atoms with Gasteiger partial charge in [-0.05, 0) is 26.0 Å². The average Bonchev–Trinajstić information content (AvgIpc) is 2.33. The minimum absolute atomic E-state index is 0.242. The second-order valence-electron chi connectivity index (χ2n) is 4.12. The van der Waals surface area contributed by atoms with Crippen molar-refractivity contribution in [2.24, 2.45) is 0 Å². The number of hydrogen-bond donors (Lipinski definition) is 2. The number of aryl methyl sites for hydroxylation is 1. The van der Waals surface area contributed by atoms with Gasteiger partial charge in [0.1, 0.15) is 11.5 Å². The van der Waals surface area contributed by atoms with Crippen LogP contribution in [0.3, 0.4) is 0 Å². The van der Waals surface area contributed by atoms with E-state index in [1.807, 2.05) is 6.92 Å². The van der Waals surface area contributed by atoms with Crippen LogP contribution in [0.2, 0.25) is 0 Å². The second kappa shape index (κ2) is 6.13. The van der Waals surface area contributed by atoms with Crippen molar-refractivity contribution in [1.29, 1.82) is 0 Å². The van der Waals surface area contributed by atoms with Crippen LogP contribution in [-0.2, 0) is 0 Å². The molecule has 4 nitrogen and oxygen atoms in total. The van der Waals surface area contributed by atoms with Gasteiger partial charge in [-0.15, -0.1) is 0 Å².